The highest BCUT2D eigenvalue weighted by atomic mass is 16.2. The van der Waals surface area contributed by atoms with Crippen molar-refractivity contribution < 1.29 is 4.79 Å². The van der Waals surface area contributed by atoms with Crippen LogP contribution in [0.25, 0.3) is 0 Å². The molecular formula is C20H23N3O. The van der Waals surface area contributed by atoms with Crippen LogP contribution in [0.4, 0.5) is 0 Å². The van der Waals surface area contributed by atoms with Gasteiger partial charge >= 0.3 is 0 Å². The van der Waals surface area contributed by atoms with Crippen LogP contribution < -0.4 is 5.43 Å². The molecule has 3 rings (SSSR count). The molecule has 4 heteroatoms. The summed E-state index contributed by atoms with van der Waals surface area (Å²) in [5, 5.41) is 4.38. The topological polar surface area (TPSA) is 44.7 Å². The molecule has 1 aliphatic heterocycles. The minimum Gasteiger partial charge on any atom is -0.306 e. The summed E-state index contributed by atoms with van der Waals surface area (Å²) in [5.41, 5.74) is 5.82. The zero-order chi connectivity index (χ0) is 16.8. The standard InChI is InChI=1S/C20H23N3O/c1-23-14-12-18(13-15-23)21-22-20(24)19(16-8-4-2-5-9-16)17-10-6-3-7-11-17/h2-11,19H,12-15H2,1H3,(H,22,24). The molecule has 1 aliphatic rings. The molecule has 1 fully saturated rings. The van der Waals surface area contributed by atoms with Crippen molar-refractivity contribution in [2.75, 3.05) is 20.1 Å². The molecule has 0 unspecified atom stereocenters. The summed E-state index contributed by atoms with van der Waals surface area (Å²) in [4.78, 5) is 15.1. The molecule has 1 amide bonds. The second kappa shape index (κ2) is 7.88. The number of hydrazone groups is 1. The molecule has 0 radical (unpaired) electrons. The van der Waals surface area contributed by atoms with E-state index in [0.29, 0.717) is 0 Å². The maximum atomic E-state index is 12.8. The highest BCUT2D eigenvalue weighted by molar-refractivity contribution is 5.90. The summed E-state index contributed by atoms with van der Waals surface area (Å²) in [6.07, 6.45) is 1.83. The Balaban J connectivity index is 1.78. The average molecular weight is 321 g/mol. The van der Waals surface area contributed by atoms with Crippen LogP contribution in [-0.4, -0.2) is 36.7 Å². The molecule has 0 saturated carbocycles. The lowest BCUT2D eigenvalue weighted by atomic mass is 9.91. The lowest BCUT2D eigenvalue weighted by molar-refractivity contribution is -0.121. The fourth-order valence-corrected chi connectivity index (χ4v) is 2.97. The number of nitrogens with one attached hydrogen (secondary N) is 1. The zero-order valence-corrected chi connectivity index (χ0v) is 14.0. The van der Waals surface area contributed by atoms with E-state index in [0.717, 1.165) is 42.8 Å². The van der Waals surface area contributed by atoms with Gasteiger partial charge in [-0.3, -0.25) is 4.79 Å². The first-order chi connectivity index (χ1) is 11.7. The van der Waals surface area contributed by atoms with Gasteiger partial charge in [-0.2, -0.15) is 5.10 Å². The van der Waals surface area contributed by atoms with E-state index in [1.807, 2.05) is 60.7 Å². The van der Waals surface area contributed by atoms with Crippen LogP contribution in [0.3, 0.4) is 0 Å². The van der Waals surface area contributed by atoms with Gasteiger partial charge in [-0.05, 0) is 18.2 Å². The summed E-state index contributed by atoms with van der Waals surface area (Å²) in [5.74, 6) is -0.429. The second-order valence-corrected chi connectivity index (χ2v) is 6.21. The molecule has 24 heavy (non-hydrogen) atoms. The molecule has 0 atom stereocenters. The van der Waals surface area contributed by atoms with Crippen LogP contribution in [0.15, 0.2) is 65.8 Å². The lowest BCUT2D eigenvalue weighted by Crippen LogP contribution is -2.33. The van der Waals surface area contributed by atoms with E-state index < -0.39 is 0 Å². The highest BCUT2D eigenvalue weighted by Crippen LogP contribution is 2.24. The van der Waals surface area contributed by atoms with Crippen LogP contribution in [0.1, 0.15) is 29.9 Å². The zero-order valence-electron chi connectivity index (χ0n) is 14.0. The van der Waals surface area contributed by atoms with Crippen LogP contribution in [0.5, 0.6) is 0 Å². The van der Waals surface area contributed by atoms with Crippen LogP contribution in [0, 0.1) is 0 Å². The highest BCUT2D eigenvalue weighted by Gasteiger charge is 2.22. The summed E-state index contributed by atoms with van der Waals surface area (Å²) < 4.78 is 0. The molecule has 1 saturated heterocycles. The monoisotopic (exact) mass is 321 g/mol. The summed E-state index contributed by atoms with van der Waals surface area (Å²) in [6.45, 7) is 1.99. The van der Waals surface area contributed by atoms with Gasteiger partial charge in [0.25, 0.3) is 5.91 Å². The largest absolute Gasteiger partial charge is 0.306 e. The first kappa shape index (κ1) is 16.4. The van der Waals surface area contributed by atoms with Gasteiger partial charge < -0.3 is 4.90 Å². The Morgan fingerprint density at radius 3 is 1.96 bits per heavy atom. The average Bonchev–Trinajstić information content (AvgIpc) is 2.63. The number of benzene rings is 2. The summed E-state index contributed by atoms with van der Waals surface area (Å²) in [6, 6.07) is 19.7. The van der Waals surface area contributed by atoms with Gasteiger partial charge in [-0.1, -0.05) is 60.7 Å². The first-order valence-electron chi connectivity index (χ1n) is 8.38. The number of amides is 1. The van der Waals surface area contributed by atoms with Gasteiger partial charge in [0.2, 0.25) is 0 Å². The van der Waals surface area contributed by atoms with E-state index >= 15 is 0 Å². The van der Waals surface area contributed by atoms with Crippen molar-refractivity contribution in [1.82, 2.24) is 10.3 Å². The minimum absolute atomic E-state index is 0.0844. The van der Waals surface area contributed by atoms with E-state index in [-0.39, 0.29) is 11.8 Å². The number of hydrogen-bond acceptors (Lipinski definition) is 3. The fourth-order valence-electron chi connectivity index (χ4n) is 2.97. The molecule has 1 heterocycles. The number of likely N-dealkylation sites (tertiary alicyclic amines) is 1. The fraction of sp³-hybridized carbons (Fsp3) is 0.300. The van der Waals surface area contributed by atoms with E-state index in [1.165, 1.54) is 0 Å². The number of nitrogens with zero attached hydrogens (tertiary/aromatic N) is 2. The molecule has 4 nitrogen and oxygen atoms in total. The van der Waals surface area contributed by atoms with Crippen molar-refractivity contribution in [3.05, 3.63) is 71.8 Å². The van der Waals surface area contributed by atoms with E-state index in [4.69, 9.17) is 0 Å². The normalized spacial score (nSPS) is 15.3. The Kier molecular flexibility index (Phi) is 5.39. The van der Waals surface area contributed by atoms with Gasteiger partial charge in [0.05, 0.1) is 5.92 Å². The number of carbonyl (C=O) groups excluding carboxylic acids is 1. The SMILES string of the molecule is CN1CCC(=NNC(=O)C(c2ccccc2)c2ccccc2)CC1. The lowest BCUT2D eigenvalue weighted by Gasteiger charge is -2.23. The van der Waals surface area contributed by atoms with Crippen molar-refractivity contribution in [3.8, 4) is 0 Å². The smallest absolute Gasteiger partial charge is 0.252 e. The summed E-state index contributed by atoms with van der Waals surface area (Å²) in [7, 11) is 2.11. The van der Waals surface area contributed by atoms with E-state index in [1.54, 1.807) is 0 Å². The molecule has 0 aromatic heterocycles. The Labute approximate surface area is 143 Å². The quantitative estimate of drug-likeness (QED) is 0.880. The minimum atomic E-state index is -0.344. The predicted octanol–water partition coefficient (Wildman–Crippen LogP) is 3.02. The third-order valence-electron chi connectivity index (χ3n) is 4.42. The van der Waals surface area contributed by atoms with Crippen molar-refractivity contribution in [3.63, 3.8) is 0 Å². The molecule has 1 N–H and O–H groups in total. The molecular weight excluding hydrogens is 298 g/mol. The van der Waals surface area contributed by atoms with Crippen LogP contribution in [0.2, 0.25) is 0 Å². The molecule has 0 aliphatic carbocycles. The molecule has 0 spiro atoms. The Morgan fingerprint density at radius 2 is 1.46 bits per heavy atom. The van der Waals surface area contributed by atoms with Gasteiger partial charge in [0.15, 0.2) is 0 Å². The van der Waals surface area contributed by atoms with Crippen molar-refractivity contribution in [2.45, 2.75) is 18.8 Å². The number of hydrogen-bond donors (Lipinski definition) is 1. The third kappa shape index (κ3) is 4.09. The number of piperidine rings is 1. The van der Waals surface area contributed by atoms with Crippen molar-refractivity contribution in [2.24, 2.45) is 5.10 Å². The number of rotatable bonds is 4. The van der Waals surface area contributed by atoms with Crippen LogP contribution >= 0.6 is 0 Å². The second-order valence-electron chi connectivity index (χ2n) is 6.21. The van der Waals surface area contributed by atoms with Gasteiger partial charge in [0, 0.05) is 31.6 Å². The summed E-state index contributed by atoms with van der Waals surface area (Å²) >= 11 is 0. The predicted molar refractivity (Wildman–Crippen MR) is 97.0 cm³/mol. The third-order valence-corrected chi connectivity index (χ3v) is 4.42. The molecule has 2 aromatic rings. The van der Waals surface area contributed by atoms with Crippen molar-refractivity contribution in [1.29, 1.82) is 0 Å². The van der Waals surface area contributed by atoms with Gasteiger partial charge in [-0.15, -0.1) is 0 Å². The van der Waals surface area contributed by atoms with E-state index in [2.05, 4.69) is 22.5 Å². The van der Waals surface area contributed by atoms with Gasteiger partial charge in [-0.25, -0.2) is 5.43 Å². The molecule has 2 aromatic carbocycles. The van der Waals surface area contributed by atoms with E-state index in [9.17, 15) is 4.79 Å². The van der Waals surface area contributed by atoms with Crippen LogP contribution in [-0.2, 0) is 4.79 Å². The molecule has 0 bridgehead atoms. The van der Waals surface area contributed by atoms with Gasteiger partial charge in [0.1, 0.15) is 0 Å². The Bertz CT molecular complexity index is 648. The first-order valence-corrected chi connectivity index (χ1v) is 8.38. The van der Waals surface area contributed by atoms with Crippen molar-refractivity contribution >= 4 is 11.6 Å². The maximum absolute atomic E-state index is 12.8. The Hall–Kier alpha value is -2.46. The molecule has 124 valence electrons. The Morgan fingerprint density at radius 1 is 0.958 bits per heavy atom. The number of carbonyl (C=O) groups is 1. The maximum Gasteiger partial charge on any atom is 0.252 e.